The van der Waals surface area contributed by atoms with E-state index in [1.165, 1.54) is 5.56 Å². The van der Waals surface area contributed by atoms with E-state index in [9.17, 15) is 0 Å². The Bertz CT molecular complexity index is 520. The molecule has 20 heavy (non-hydrogen) atoms. The molecule has 0 saturated heterocycles. The molecule has 4 heteroatoms. The van der Waals surface area contributed by atoms with E-state index >= 15 is 0 Å². The van der Waals surface area contributed by atoms with E-state index in [4.69, 9.17) is 4.74 Å². The van der Waals surface area contributed by atoms with Crippen LogP contribution in [0.25, 0.3) is 0 Å². The number of hydrogen-bond donors (Lipinski definition) is 1. The van der Waals surface area contributed by atoms with Crippen molar-refractivity contribution in [3.05, 3.63) is 48.3 Å². The van der Waals surface area contributed by atoms with Gasteiger partial charge in [-0.25, -0.2) is 0 Å². The van der Waals surface area contributed by atoms with Gasteiger partial charge in [-0.15, -0.1) is 0 Å². The lowest BCUT2D eigenvalue weighted by Crippen LogP contribution is -2.25. The molecule has 1 aromatic carbocycles. The van der Waals surface area contributed by atoms with Gasteiger partial charge in [0.25, 0.3) is 0 Å². The highest BCUT2D eigenvalue weighted by atomic mass is 16.5. The fraction of sp³-hybridized carbons (Fsp3) is 0.438. The van der Waals surface area contributed by atoms with Crippen LogP contribution in [0.4, 0.5) is 5.69 Å². The molecular weight excluding hydrogens is 250 g/mol. The second kappa shape index (κ2) is 6.57. The highest BCUT2D eigenvalue weighted by Gasteiger charge is 2.15. The number of aromatic nitrogens is 2. The van der Waals surface area contributed by atoms with Crippen LogP contribution < -0.4 is 5.32 Å². The van der Waals surface area contributed by atoms with Crippen molar-refractivity contribution in [3.8, 4) is 0 Å². The molecule has 0 unspecified atom stereocenters. The van der Waals surface area contributed by atoms with Gasteiger partial charge in [-0.1, -0.05) is 12.1 Å². The summed E-state index contributed by atoms with van der Waals surface area (Å²) in [5, 5.41) is 7.67. The van der Waals surface area contributed by atoms with Gasteiger partial charge in [-0.2, -0.15) is 5.10 Å². The van der Waals surface area contributed by atoms with Crippen LogP contribution in [-0.4, -0.2) is 29.0 Å². The number of hydrogen-bond acceptors (Lipinski definition) is 3. The summed E-state index contributed by atoms with van der Waals surface area (Å²) in [6.45, 7) is 5.89. The van der Waals surface area contributed by atoms with Gasteiger partial charge in [0.1, 0.15) is 0 Å². The fourth-order valence-corrected chi connectivity index (χ4v) is 1.97. The van der Waals surface area contributed by atoms with Crippen molar-refractivity contribution in [2.45, 2.75) is 32.4 Å². The molecule has 0 aliphatic rings. The van der Waals surface area contributed by atoms with E-state index < -0.39 is 0 Å². The highest BCUT2D eigenvalue weighted by molar-refractivity contribution is 5.45. The number of anilines is 1. The number of nitrogens with zero attached hydrogens (tertiary/aromatic N) is 2. The summed E-state index contributed by atoms with van der Waals surface area (Å²) in [5.41, 5.74) is 2.30. The quantitative estimate of drug-likeness (QED) is 0.842. The first-order chi connectivity index (χ1) is 9.59. The molecule has 1 aromatic heterocycles. The van der Waals surface area contributed by atoms with Gasteiger partial charge in [0.2, 0.25) is 0 Å². The maximum absolute atomic E-state index is 5.42. The Balaban J connectivity index is 1.89. The third-order valence-corrected chi connectivity index (χ3v) is 3.44. The Morgan fingerprint density at radius 3 is 2.85 bits per heavy atom. The molecule has 0 aliphatic heterocycles. The molecule has 0 radical (unpaired) electrons. The SMILES string of the molecule is COC(C)(C)CCNc1cccc(Cn2cccn2)c1. The average molecular weight is 273 g/mol. The normalized spacial score (nSPS) is 11.6. The molecule has 0 aliphatic carbocycles. The zero-order chi connectivity index (χ0) is 14.4. The molecule has 0 fully saturated rings. The number of ether oxygens (including phenoxy) is 1. The van der Waals surface area contributed by atoms with Crippen LogP contribution in [0.15, 0.2) is 42.7 Å². The predicted molar refractivity (Wildman–Crippen MR) is 82.0 cm³/mol. The molecule has 108 valence electrons. The topological polar surface area (TPSA) is 39.1 Å². The van der Waals surface area contributed by atoms with Crippen molar-refractivity contribution < 1.29 is 4.74 Å². The van der Waals surface area contributed by atoms with Crippen molar-refractivity contribution in [1.29, 1.82) is 0 Å². The van der Waals surface area contributed by atoms with Crippen LogP contribution in [0.2, 0.25) is 0 Å². The molecule has 2 rings (SSSR count). The molecule has 0 amide bonds. The van der Waals surface area contributed by atoms with E-state index in [0.717, 1.165) is 25.2 Å². The molecule has 0 spiro atoms. The summed E-state index contributed by atoms with van der Waals surface area (Å²) in [4.78, 5) is 0. The standard InChI is InChI=1S/C16H23N3O/c1-16(2,20-3)8-10-17-15-7-4-6-14(12-15)13-19-11-5-9-18-19/h4-7,9,11-12,17H,8,10,13H2,1-3H3. The third kappa shape index (κ3) is 4.38. The van der Waals surface area contributed by atoms with Gasteiger partial charge in [0, 0.05) is 31.7 Å². The Hall–Kier alpha value is -1.81. The molecule has 0 saturated carbocycles. The second-order valence-electron chi connectivity index (χ2n) is 5.54. The summed E-state index contributed by atoms with van der Waals surface area (Å²) in [6.07, 6.45) is 4.74. The van der Waals surface area contributed by atoms with E-state index in [1.54, 1.807) is 13.3 Å². The van der Waals surface area contributed by atoms with E-state index in [0.29, 0.717) is 0 Å². The van der Waals surface area contributed by atoms with Crippen molar-refractivity contribution in [2.75, 3.05) is 19.0 Å². The maximum atomic E-state index is 5.42. The average Bonchev–Trinajstić information content (AvgIpc) is 2.92. The zero-order valence-electron chi connectivity index (χ0n) is 12.5. The van der Waals surface area contributed by atoms with Crippen LogP contribution in [0.5, 0.6) is 0 Å². The van der Waals surface area contributed by atoms with Gasteiger partial charge < -0.3 is 10.1 Å². The minimum Gasteiger partial charge on any atom is -0.385 e. The monoisotopic (exact) mass is 273 g/mol. The first kappa shape index (κ1) is 14.6. The molecule has 1 heterocycles. The third-order valence-electron chi connectivity index (χ3n) is 3.44. The Morgan fingerprint density at radius 2 is 2.15 bits per heavy atom. The van der Waals surface area contributed by atoms with Gasteiger partial charge in [0.15, 0.2) is 0 Å². The van der Waals surface area contributed by atoms with Crippen LogP contribution in [0.1, 0.15) is 25.8 Å². The number of methoxy groups -OCH3 is 1. The zero-order valence-corrected chi connectivity index (χ0v) is 12.5. The molecule has 0 atom stereocenters. The fourth-order valence-electron chi connectivity index (χ4n) is 1.97. The Labute approximate surface area is 120 Å². The molecule has 1 N–H and O–H groups in total. The summed E-state index contributed by atoms with van der Waals surface area (Å²) >= 11 is 0. The van der Waals surface area contributed by atoms with Crippen LogP contribution in [-0.2, 0) is 11.3 Å². The number of rotatable bonds is 7. The summed E-state index contributed by atoms with van der Waals surface area (Å²) in [7, 11) is 1.75. The lowest BCUT2D eigenvalue weighted by molar-refractivity contribution is 0.0185. The van der Waals surface area contributed by atoms with Gasteiger partial charge >= 0.3 is 0 Å². The second-order valence-corrected chi connectivity index (χ2v) is 5.54. The van der Waals surface area contributed by atoms with Crippen molar-refractivity contribution in [1.82, 2.24) is 9.78 Å². The van der Waals surface area contributed by atoms with Gasteiger partial charge in [-0.05, 0) is 44.0 Å². The van der Waals surface area contributed by atoms with Crippen molar-refractivity contribution in [3.63, 3.8) is 0 Å². The largest absolute Gasteiger partial charge is 0.385 e. The molecule has 4 nitrogen and oxygen atoms in total. The van der Waals surface area contributed by atoms with Gasteiger partial charge in [-0.3, -0.25) is 4.68 Å². The number of benzene rings is 1. The smallest absolute Gasteiger partial charge is 0.0660 e. The van der Waals surface area contributed by atoms with Crippen LogP contribution in [0.3, 0.4) is 0 Å². The first-order valence-corrected chi connectivity index (χ1v) is 6.94. The van der Waals surface area contributed by atoms with Crippen molar-refractivity contribution in [2.24, 2.45) is 0 Å². The minimum absolute atomic E-state index is 0.0837. The summed E-state index contributed by atoms with van der Waals surface area (Å²) in [6, 6.07) is 10.4. The molecule has 0 bridgehead atoms. The summed E-state index contributed by atoms with van der Waals surface area (Å²) in [5.74, 6) is 0. The molecular formula is C16H23N3O. The number of nitrogens with one attached hydrogen (secondary N) is 1. The van der Waals surface area contributed by atoms with Gasteiger partial charge in [0.05, 0.1) is 12.1 Å². The van der Waals surface area contributed by atoms with E-state index in [1.807, 2.05) is 16.9 Å². The lowest BCUT2D eigenvalue weighted by Gasteiger charge is -2.23. The van der Waals surface area contributed by atoms with Crippen molar-refractivity contribution >= 4 is 5.69 Å². The predicted octanol–water partition coefficient (Wildman–Crippen LogP) is 3.16. The Morgan fingerprint density at radius 1 is 1.30 bits per heavy atom. The first-order valence-electron chi connectivity index (χ1n) is 6.94. The maximum Gasteiger partial charge on any atom is 0.0660 e. The lowest BCUT2D eigenvalue weighted by atomic mass is 10.1. The summed E-state index contributed by atoms with van der Waals surface area (Å²) < 4.78 is 7.34. The van der Waals surface area contributed by atoms with Crippen LogP contribution in [0, 0.1) is 0 Å². The van der Waals surface area contributed by atoms with Crippen LogP contribution >= 0.6 is 0 Å². The minimum atomic E-state index is -0.0837. The van der Waals surface area contributed by atoms with E-state index in [2.05, 4.69) is 48.5 Å². The molecule has 2 aromatic rings. The Kier molecular flexibility index (Phi) is 4.79. The highest BCUT2D eigenvalue weighted by Crippen LogP contribution is 2.15. The van der Waals surface area contributed by atoms with E-state index in [-0.39, 0.29) is 5.60 Å².